The normalized spacial score (nSPS) is 32.2. The van der Waals surface area contributed by atoms with Crippen molar-refractivity contribution in [1.29, 1.82) is 0 Å². The minimum Gasteiger partial charge on any atom is -0.467 e. The first-order valence-electron chi connectivity index (χ1n) is 12.8. The molecular formula is C27H34N2O5. The van der Waals surface area contributed by atoms with Gasteiger partial charge in [0.05, 0.1) is 25.0 Å². The van der Waals surface area contributed by atoms with Crippen LogP contribution in [0.25, 0.3) is 10.9 Å². The Bertz CT molecular complexity index is 1140. The molecule has 7 nitrogen and oxygen atoms in total. The second-order valence-electron chi connectivity index (χ2n) is 10.6. The Morgan fingerprint density at radius 3 is 2.79 bits per heavy atom. The predicted octanol–water partition coefficient (Wildman–Crippen LogP) is 4.19. The molecule has 1 spiro atoms. The number of nitrogens with one attached hydrogen (secondary N) is 1. The van der Waals surface area contributed by atoms with E-state index in [4.69, 9.17) is 14.2 Å². The average molecular weight is 467 g/mol. The molecule has 182 valence electrons. The molecule has 4 aliphatic rings. The summed E-state index contributed by atoms with van der Waals surface area (Å²) in [5, 5.41) is 1.12. The molecule has 2 saturated heterocycles. The molecular weight excluding hydrogens is 432 g/mol. The van der Waals surface area contributed by atoms with Gasteiger partial charge in [0.2, 0.25) is 5.91 Å². The molecule has 1 N–H and O–H groups in total. The van der Waals surface area contributed by atoms with Crippen LogP contribution in [-0.2, 0) is 35.8 Å². The molecule has 1 aromatic heterocycles. The molecule has 34 heavy (non-hydrogen) atoms. The summed E-state index contributed by atoms with van der Waals surface area (Å²) in [6, 6.07) is 8.11. The molecule has 1 aliphatic carbocycles. The second-order valence-corrected chi connectivity index (χ2v) is 10.6. The Hall–Kier alpha value is -2.38. The number of carbonyl (C=O) groups excluding carboxylic acids is 2. The van der Waals surface area contributed by atoms with Crippen molar-refractivity contribution >= 4 is 22.8 Å². The molecule has 1 amide bonds. The zero-order chi connectivity index (χ0) is 23.6. The number of aromatic amines is 1. The van der Waals surface area contributed by atoms with Gasteiger partial charge in [-0.3, -0.25) is 4.79 Å². The number of aromatic nitrogens is 1. The first-order valence-corrected chi connectivity index (χ1v) is 12.8. The van der Waals surface area contributed by atoms with Gasteiger partial charge >= 0.3 is 5.97 Å². The molecule has 3 aliphatic heterocycles. The number of methoxy groups -OCH3 is 1. The van der Waals surface area contributed by atoms with Crippen molar-refractivity contribution in [3.05, 3.63) is 35.5 Å². The first kappa shape index (κ1) is 22.1. The third-order valence-electron chi connectivity index (χ3n) is 8.83. The highest BCUT2D eigenvalue weighted by molar-refractivity contribution is 5.97. The van der Waals surface area contributed by atoms with E-state index in [-0.39, 0.29) is 17.8 Å². The molecule has 0 bridgehead atoms. The lowest BCUT2D eigenvalue weighted by Crippen LogP contribution is -2.53. The van der Waals surface area contributed by atoms with Crippen LogP contribution in [0.1, 0.15) is 69.5 Å². The van der Waals surface area contributed by atoms with E-state index in [1.165, 1.54) is 13.5 Å². The summed E-state index contributed by atoms with van der Waals surface area (Å²) in [5.74, 6) is -1.16. The Balaban J connectivity index is 1.36. The number of hydrogen-bond acceptors (Lipinski definition) is 5. The van der Waals surface area contributed by atoms with Crippen molar-refractivity contribution in [2.75, 3.05) is 20.3 Å². The van der Waals surface area contributed by atoms with E-state index < -0.39 is 16.9 Å². The summed E-state index contributed by atoms with van der Waals surface area (Å²) < 4.78 is 18.4. The van der Waals surface area contributed by atoms with Crippen LogP contribution in [-0.4, -0.2) is 53.4 Å². The van der Waals surface area contributed by atoms with Crippen molar-refractivity contribution in [2.24, 2.45) is 5.92 Å². The number of rotatable bonds is 4. The van der Waals surface area contributed by atoms with Crippen molar-refractivity contribution in [3.8, 4) is 0 Å². The van der Waals surface area contributed by atoms with Gasteiger partial charge in [0, 0.05) is 36.2 Å². The van der Waals surface area contributed by atoms with Gasteiger partial charge in [-0.1, -0.05) is 31.5 Å². The van der Waals surface area contributed by atoms with Gasteiger partial charge in [-0.25, -0.2) is 4.79 Å². The molecule has 2 aromatic rings. The van der Waals surface area contributed by atoms with Gasteiger partial charge in [-0.15, -0.1) is 0 Å². The summed E-state index contributed by atoms with van der Waals surface area (Å²) in [6.07, 6.45) is 7.76. The zero-order valence-electron chi connectivity index (χ0n) is 20.2. The van der Waals surface area contributed by atoms with Crippen LogP contribution in [0.15, 0.2) is 24.3 Å². The summed E-state index contributed by atoms with van der Waals surface area (Å²) in [7, 11) is 1.41. The minimum atomic E-state index is -1.11. The Morgan fingerprint density at radius 1 is 1.24 bits per heavy atom. The van der Waals surface area contributed by atoms with Crippen molar-refractivity contribution in [2.45, 2.75) is 81.6 Å². The zero-order valence-corrected chi connectivity index (χ0v) is 20.2. The number of hydrogen-bond donors (Lipinski definition) is 1. The fourth-order valence-corrected chi connectivity index (χ4v) is 7.08. The standard InChI is InChI=1S/C27H34N2O5/c1-3-25(17-33-26(34-25)12-7-4-8-13-26)15-18-16-27(24(31)32-2)22-20(11-14-29(27)23(18)30)19-9-5-6-10-21(19)28-22/h5-6,9-10,18,28H,3-4,7-8,11-17H2,1-2H3/t18-,25-,27-/m1/s1. The molecule has 3 fully saturated rings. The summed E-state index contributed by atoms with van der Waals surface area (Å²) in [4.78, 5) is 32.5. The van der Waals surface area contributed by atoms with Crippen LogP contribution in [0.3, 0.4) is 0 Å². The van der Waals surface area contributed by atoms with Gasteiger partial charge < -0.3 is 24.1 Å². The van der Waals surface area contributed by atoms with Crippen LogP contribution in [0.5, 0.6) is 0 Å². The van der Waals surface area contributed by atoms with Crippen LogP contribution in [0.2, 0.25) is 0 Å². The lowest BCUT2D eigenvalue weighted by Gasteiger charge is -2.39. The molecule has 1 saturated carbocycles. The highest BCUT2D eigenvalue weighted by Crippen LogP contribution is 2.52. The van der Waals surface area contributed by atoms with Crippen molar-refractivity contribution < 1.29 is 23.8 Å². The SMILES string of the molecule is CC[C@@]1(C[C@@H]2C[C@]3(C(=O)OC)c4[nH]c5ccccc5c4CCN3C2=O)COC2(CCCCC2)O1. The van der Waals surface area contributed by atoms with E-state index in [0.717, 1.165) is 60.7 Å². The third-order valence-corrected chi connectivity index (χ3v) is 8.83. The topological polar surface area (TPSA) is 80.9 Å². The smallest absolute Gasteiger partial charge is 0.338 e. The van der Waals surface area contributed by atoms with Gasteiger partial charge in [0.1, 0.15) is 0 Å². The predicted molar refractivity (Wildman–Crippen MR) is 126 cm³/mol. The molecule has 0 radical (unpaired) electrons. The van der Waals surface area contributed by atoms with Crippen LogP contribution in [0.4, 0.5) is 0 Å². The average Bonchev–Trinajstić information content (AvgIpc) is 3.51. The number of fused-ring (bicyclic) bond motifs is 5. The van der Waals surface area contributed by atoms with E-state index in [9.17, 15) is 9.59 Å². The van der Waals surface area contributed by atoms with E-state index in [2.05, 4.69) is 18.0 Å². The van der Waals surface area contributed by atoms with Gasteiger partial charge in [-0.2, -0.15) is 0 Å². The largest absolute Gasteiger partial charge is 0.467 e. The van der Waals surface area contributed by atoms with Crippen LogP contribution in [0, 0.1) is 5.92 Å². The van der Waals surface area contributed by atoms with Gasteiger partial charge in [-0.05, 0) is 50.2 Å². The number of amides is 1. The minimum absolute atomic E-state index is 0.0238. The van der Waals surface area contributed by atoms with Crippen molar-refractivity contribution in [1.82, 2.24) is 9.88 Å². The van der Waals surface area contributed by atoms with Gasteiger partial charge in [0.15, 0.2) is 11.3 Å². The third kappa shape index (κ3) is 3.02. The van der Waals surface area contributed by atoms with Crippen LogP contribution >= 0.6 is 0 Å². The lowest BCUT2D eigenvalue weighted by atomic mass is 9.80. The maximum absolute atomic E-state index is 13.8. The maximum atomic E-state index is 13.8. The second kappa shape index (κ2) is 7.82. The lowest BCUT2D eigenvalue weighted by molar-refractivity contribution is -0.208. The molecule has 6 rings (SSSR count). The van der Waals surface area contributed by atoms with Gasteiger partial charge in [0.25, 0.3) is 0 Å². The monoisotopic (exact) mass is 466 g/mol. The molecule has 1 aromatic carbocycles. The number of carbonyl (C=O) groups is 2. The summed E-state index contributed by atoms with van der Waals surface area (Å²) in [5.41, 5.74) is 1.33. The van der Waals surface area contributed by atoms with Crippen LogP contribution < -0.4 is 0 Å². The molecule has 0 unspecified atom stereocenters. The summed E-state index contributed by atoms with van der Waals surface area (Å²) >= 11 is 0. The fourth-order valence-electron chi connectivity index (χ4n) is 7.08. The number of esters is 1. The van der Waals surface area contributed by atoms with E-state index >= 15 is 0 Å². The molecule has 4 heterocycles. The van der Waals surface area contributed by atoms with Crippen molar-refractivity contribution in [3.63, 3.8) is 0 Å². The van der Waals surface area contributed by atoms with E-state index in [1.54, 1.807) is 4.90 Å². The quantitative estimate of drug-likeness (QED) is 0.684. The molecule has 7 heteroatoms. The number of nitrogens with zero attached hydrogens (tertiary/aromatic N) is 1. The Kier molecular flexibility index (Phi) is 5.08. The number of para-hydroxylation sites is 1. The molecule has 3 atom stereocenters. The fraction of sp³-hybridized carbons (Fsp3) is 0.630. The number of benzene rings is 1. The highest BCUT2D eigenvalue weighted by Gasteiger charge is 2.62. The highest BCUT2D eigenvalue weighted by atomic mass is 16.8. The number of ether oxygens (including phenoxy) is 3. The maximum Gasteiger partial charge on any atom is 0.338 e. The van der Waals surface area contributed by atoms with E-state index in [0.29, 0.717) is 26.0 Å². The first-order chi connectivity index (χ1) is 16.5. The van der Waals surface area contributed by atoms with E-state index in [1.807, 2.05) is 18.2 Å². The summed E-state index contributed by atoms with van der Waals surface area (Å²) in [6.45, 7) is 3.14. The Morgan fingerprint density at radius 2 is 2.03 bits per heavy atom. The number of H-pyrrole nitrogens is 1. The Labute approximate surface area is 200 Å².